The smallest absolute Gasteiger partial charge is 0.286 e. The molecule has 0 aliphatic carbocycles. The third-order valence-corrected chi connectivity index (χ3v) is 6.24. The van der Waals surface area contributed by atoms with Crippen LogP contribution in [0, 0.1) is 25.7 Å². The van der Waals surface area contributed by atoms with E-state index in [-0.39, 0.29) is 5.56 Å². The Bertz CT molecular complexity index is 1280. The molecule has 30 heavy (non-hydrogen) atoms. The molecule has 0 radical (unpaired) electrons. The lowest BCUT2D eigenvalue weighted by Gasteiger charge is -2.07. The van der Waals surface area contributed by atoms with Gasteiger partial charge in [0.05, 0.1) is 22.4 Å². The zero-order chi connectivity index (χ0) is 21.7. The molecule has 152 valence electrons. The molecule has 1 heterocycles. The minimum absolute atomic E-state index is 0.245. The van der Waals surface area contributed by atoms with Crippen molar-refractivity contribution in [3.63, 3.8) is 0 Å². The van der Waals surface area contributed by atoms with Gasteiger partial charge in [-0.05, 0) is 67.4 Å². The topological polar surface area (TPSA) is 68.6 Å². The summed E-state index contributed by atoms with van der Waals surface area (Å²) in [6.07, 6.45) is 4.44. The van der Waals surface area contributed by atoms with E-state index in [1.807, 2.05) is 50.2 Å². The molecule has 6 heteroatoms. The SMILES string of the molecule is COc1ccc(C#Cc2cncc(C(=O)N=S(C)(=O)c3ccc(C)c(C)c3)c2)cc1. The number of rotatable bonds is 3. The van der Waals surface area contributed by atoms with E-state index in [9.17, 15) is 9.00 Å². The number of pyridine rings is 1. The van der Waals surface area contributed by atoms with Crippen molar-refractivity contribution in [1.82, 2.24) is 4.98 Å². The van der Waals surface area contributed by atoms with Crippen LogP contribution in [0.15, 0.2) is 70.2 Å². The second kappa shape index (κ2) is 8.93. The number of aryl methyl sites for hydroxylation is 2. The van der Waals surface area contributed by atoms with Crippen LogP contribution in [-0.4, -0.2) is 28.5 Å². The zero-order valence-corrected chi connectivity index (χ0v) is 18.1. The van der Waals surface area contributed by atoms with Gasteiger partial charge >= 0.3 is 0 Å². The molecule has 0 N–H and O–H groups in total. The molecular weight excluding hydrogens is 396 g/mol. The Morgan fingerprint density at radius 2 is 1.67 bits per heavy atom. The highest BCUT2D eigenvalue weighted by Crippen LogP contribution is 2.18. The summed E-state index contributed by atoms with van der Waals surface area (Å²) >= 11 is 0. The van der Waals surface area contributed by atoms with Gasteiger partial charge in [-0.2, -0.15) is 4.36 Å². The maximum Gasteiger partial charge on any atom is 0.286 e. The lowest BCUT2D eigenvalue weighted by Crippen LogP contribution is -2.05. The molecule has 0 bridgehead atoms. The fraction of sp³-hybridized carbons (Fsp3) is 0.167. The van der Waals surface area contributed by atoms with Gasteiger partial charge in [0, 0.05) is 34.7 Å². The molecule has 0 aliphatic heterocycles. The summed E-state index contributed by atoms with van der Waals surface area (Å²) in [4.78, 5) is 17.2. The molecule has 3 rings (SSSR count). The van der Waals surface area contributed by atoms with Crippen LogP contribution in [0.3, 0.4) is 0 Å². The van der Waals surface area contributed by atoms with Gasteiger partial charge in [0.1, 0.15) is 5.75 Å². The van der Waals surface area contributed by atoms with E-state index in [2.05, 4.69) is 21.2 Å². The number of nitrogens with zero attached hydrogens (tertiary/aromatic N) is 2. The third kappa shape index (κ3) is 5.13. The molecule has 2 aromatic carbocycles. The van der Waals surface area contributed by atoms with Gasteiger partial charge in [-0.25, -0.2) is 4.21 Å². The number of aromatic nitrogens is 1. The lowest BCUT2D eigenvalue weighted by molar-refractivity contribution is 0.100. The summed E-state index contributed by atoms with van der Waals surface area (Å²) in [5, 5.41) is 0. The van der Waals surface area contributed by atoms with Crippen molar-refractivity contribution in [1.29, 1.82) is 0 Å². The Kier molecular flexibility index (Phi) is 6.34. The van der Waals surface area contributed by atoms with Gasteiger partial charge < -0.3 is 4.74 Å². The number of carbonyl (C=O) groups is 1. The van der Waals surface area contributed by atoms with E-state index in [0.717, 1.165) is 22.4 Å². The zero-order valence-electron chi connectivity index (χ0n) is 17.3. The number of carbonyl (C=O) groups excluding carboxylic acids is 1. The predicted octanol–water partition coefficient (Wildman–Crippen LogP) is 4.40. The van der Waals surface area contributed by atoms with E-state index >= 15 is 0 Å². The number of ether oxygens (including phenoxy) is 1. The van der Waals surface area contributed by atoms with Gasteiger partial charge in [-0.3, -0.25) is 9.78 Å². The van der Waals surface area contributed by atoms with E-state index in [1.165, 1.54) is 12.5 Å². The average molecular weight is 419 g/mol. The molecule has 1 atom stereocenters. The highest BCUT2D eigenvalue weighted by Gasteiger charge is 2.13. The van der Waals surface area contributed by atoms with Crippen molar-refractivity contribution < 1.29 is 13.7 Å². The van der Waals surface area contributed by atoms with Crippen LogP contribution in [0.25, 0.3) is 0 Å². The van der Waals surface area contributed by atoms with Gasteiger partial charge in [-0.15, -0.1) is 0 Å². The van der Waals surface area contributed by atoms with Crippen molar-refractivity contribution >= 4 is 15.6 Å². The first-order chi connectivity index (χ1) is 14.3. The van der Waals surface area contributed by atoms with Crippen LogP contribution in [0.5, 0.6) is 5.75 Å². The lowest BCUT2D eigenvalue weighted by atomic mass is 10.1. The van der Waals surface area contributed by atoms with Crippen molar-refractivity contribution in [3.05, 3.63) is 88.7 Å². The molecule has 0 aliphatic rings. The maximum atomic E-state index is 13.0. The number of hydrogen-bond donors (Lipinski definition) is 0. The standard InChI is InChI=1S/C24H22N2O3S/c1-17-5-12-23(13-18(17)2)30(4,28)26-24(27)21-14-20(15-25-16-21)7-6-19-8-10-22(29-3)11-9-19/h5,8-16H,1-4H3. The largest absolute Gasteiger partial charge is 0.497 e. The van der Waals surface area contributed by atoms with E-state index in [0.29, 0.717) is 10.5 Å². The molecule has 0 saturated carbocycles. The third-order valence-electron chi connectivity index (χ3n) is 4.60. The summed E-state index contributed by atoms with van der Waals surface area (Å²) in [5.41, 5.74) is 3.72. The average Bonchev–Trinajstić information content (AvgIpc) is 2.74. The van der Waals surface area contributed by atoms with Crippen LogP contribution in [0.1, 0.15) is 32.6 Å². The molecule has 0 fully saturated rings. The Hall–Kier alpha value is -3.43. The second-order valence-electron chi connectivity index (χ2n) is 6.89. The van der Waals surface area contributed by atoms with Crippen LogP contribution in [0.2, 0.25) is 0 Å². The second-order valence-corrected chi connectivity index (χ2v) is 9.14. The van der Waals surface area contributed by atoms with E-state index in [1.54, 1.807) is 25.4 Å². The highest BCUT2D eigenvalue weighted by atomic mass is 32.2. The van der Waals surface area contributed by atoms with E-state index < -0.39 is 15.6 Å². The van der Waals surface area contributed by atoms with E-state index in [4.69, 9.17) is 4.74 Å². The molecule has 1 aromatic heterocycles. The van der Waals surface area contributed by atoms with Gasteiger partial charge in [0.15, 0.2) is 0 Å². The molecular formula is C24H22N2O3S. The number of methoxy groups -OCH3 is 1. The summed E-state index contributed by atoms with van der Waals surface area (Å²) < 4.78 is 22.2. The summed E-state index contributed by atoms with van der Waals surface area (Å²) in [6.45, 7) is 3.91. The van der Waals surface area contributed by atoms with Crippen LogP contribution >= 0.6 is 0 Å². The monoisotopic (exact) mass is 418 g/mol. The highest BCUT2D eigenvalue weighted by molar-refractivity contribution is 7.93. The van der Waals surface area contributed by atoms with Crippen LogP contribution in [-0.2, 0) is 9.73 Å². The fourth-order valence-electron chi connectivity index (χ4n) is 2.66. The summed E-state index contributed by atoms with van der Waals surface area (Å²) in [5.74, 6) is 6.17. The molecule has 0 spiro atoms. The quantitative estimate of drug-likeness (QED) is 0.591. The normalized spacial score (nSPS) is 12.3. The van der Waals surface area contributed by atoms with Crippen molar-refractivity contribution in [3.8, 4) is 17.6 Å². The molecule has 5 nitrogen and oxygen atoms in total. The van der Waals surface area contributed by atoms with Crippen molar-refractivity contribution in [2.24, 2.45) is 4.36 Å². The van der Waals surface area contributed by atoms with Gasteiger partial charge in [-0.1, -0.05) is 17.9 Å². The molecule has 0 saturated heterocycles. The minimum atomic E-state index is -2.87. The Balaban J connectivity index is 1.87. The fourth-order valence-corrected chi connectivity index (χ4v) is 3.90. The predicted molar refractivity (Wildman–Crippen MR) is 118 cm³/mol. The number of amides is 1. The van der Waals surface area contributed by atoms with Gasteiger partial charge in [0.25, 0.3) is 5.91 Å². The summed E-state index contributed by atoms with van der Waals surface area (Å²) in [6, 6.07) is 14.4. The number of hydrogen-bond acceptors (Lipinski definition) is 4. The Morgan fingerprint density at radius 1 is 0.967 bits per heavy atom. The van der Waals surface area contributed by atoms with Crippen molar-refractivity contribution in [2.75, 3.05) is 13.4 Å². The van der Waals surface area contributed by atoms with Gasteiger partial charge in [0.2, 0.25) is 0 Å². The van der Waals surface area contributed by atoms with Crippen LogP contribution < -0.4 is 4.74 Å². The first-order valence-corrected chi connectivity index (χ1v) is 11.2. The van der Waals surface area contributed by atoms with Crippen molar-refractivity contribution in [2.45, 2.75) is 18.7 Å². The first kappa shape index (κ1) is 21.3. The summed E-state index contributed by atoms with van der Waals surface area (Å²) in [7, 11) is -1.27. The first-order valence-electron chi connectivity index (χ1n) is 9.23. The Morgan fingerprint density at radius 3 is 2.33 bits per heavy atom. The number of benzene rings is 2. The molecule has 1 amide bonds. The molecule has 3 aromatic rings. The van der Waals surface area contributed by atoms with Crippen LogP contribution in [0.4, 0.5) is 0 Å². The molecule has 1 unspecified atom stereocenters. The Labute approximate surface area is 177 Å². The maximum absolute atomic E-state index is 13.0. The minimum Gasteiger partial charge on any atom is -0.497 e.